The maximum Gasteiger partial charge on any atom is 0.343 e. The summed E-state index contributed by atoms with van der Waals surface area (Å²) in [5.41, 5.74) is 6.08. The van der Waals surface area contributed by atoms with Crippen molar-refractivity contribution in [2.75, 3.05) is 12.8 Å². The number of nitrogen functional groups attached to an aromatic ring is 1. The number of hydrogen-bond acceptors (Lipinski definition) is 3. The summed E-state index contributed by atoms with van der Waals surface area (Å²) in [5, 5.41) is 0. The van der Waals surface area contributed by atoms with Gasteiger partial charge in [-0.3, -0.25) is 0 Å². The molecule has 0 aliphatic carbocycles. The Morgan fingerprint density at radius 2 is 2.00 bits per heavy atom. The number of benzene rings is 1. The van der Waals surface area contributed by atoms with Gasteiger partial charge >= 0.3 is 5.97 Å². The Morgan fingerprint density at radius 1 is 1.50 bits per heavy atom. The molecule has 5 heteroatoms. The van der Waals surface area contributed by atoms with E-state index in [0.29, 0.717) is 5.56 Å². The number of rotatable bonds is 1. The molecule has 0 radical (unpaired) electrons. The quantitative estimate of drug-likeness (QED) is 0.638. The van der Waals surface area contributed by atoms with Gasteiger partial charge in [-0.1, -0.05) is 13.8 Å². The van der Waals surface area contributed by atoms with Crippen LogP contribution in [0.25, 0.3) is 0 Å². The third-order valence-corrected chi connectivity index (χ3v) is 2.43. The van der Waals surface area contributed by atoms with Crippen LogP contribution in [0.2, 0.25) is 0 Å². The van der Waals surface area contributed by atoms with Gasteiger partial charge in [-0.2, -0.15) is 0 Å². The largest absolute Gasteiger partial charge is 0.465 e. The van der Waals surface area contributed by atoms with Crippen molar-refractivity contribution in [2.24, 2.45) is 0 Å². The average molecular weight is 292 g/mol. The first-order chi connectivity index (χ1) is 7.49. The standard InChI is InChI=1S/C9H9BrFNO2.C2H6/c1-4-3-5(10)7(11)6(8(4)12)9(13)14-2;1-2/h3H,12H2,1-2H3;1-2H3. The molecule has 0 saturated carbocycles. The van der Waals surface area contributed by atoms with E-state index in [0.717, 1.165) is 0 Å². The third-order valence-electron chi connectivity index (χ3n) is 1.86. The first kappa shape index (κ1) is 14.9. The van der Waals surface area contributed by atoms with Crippen LogP contribution in [0.3, 0.4) is 0 Å². The van der Waals surface area contributed by atoms with Crippen LogP contribution >= 0.6 is 15.9 Å². The number of carbonyl (C=O) groups excluding carboxylic acids is 1. The van der Waals surface area contributed by atoms with Crippen LogP contribution in [-0.2, 0) is 4.74 Å². The molecule has 0 spiro atoms. The fourth-order valence-electron chi connectivity index (χ4n) is 1.07. The van der Waals surface area contributed by atoms with Gasteiger partial charge < -0.3 is 10.5 Å². The Labute approximate surface area is 103 Å². The predicted molar refractivity (Wildman–Crippen MR) is 65.9 cm³/mol. The molecule has 1 aromatic carbocycles. The maximum absolute atomic E-state index is 13.5. The summed E-state index contributed by atoms with van der Waals surface area (Å²) in [6.07, 6.45) is 0. The number of anilines is 1. The van der Waals surface area contributed by atoms with Gasteiger partial charge in [0.1, 0.15) is 5.56 Å². The normalized spacial score (nSPS) is 9.12. The lowest BCUT2D eigenvalue weighted by atomic mass is 10.1. The topological polar surface area (TPSA) is 52.3 Å². The number of carbonyl (C=O) groups is 1. The molecule has 0 atom stereocenters. The number of aryl methyl sites for hydroxylation is 1. The van der Waals surface area contributed by atoms with Crippen molar-refractivity contribution in [1.82, 2.24) is 0 Å². The number of nitrogens with two attached hydrogens (primary N) is 1. The van der Waals surface area contributed by atoms with Crippen molar-refractivity contribution >= 4 is 27.6 Å². The molecule has 0 aromatic heterocycles. The summed E-state index contributed by atoms with van der Waals surface area (Å²) in [6, 6.07) is 1.51. The van der Waals surface area contributed by atoms with Crippen LogP contribution in [-0.4, -0.2) is 13.1 Å². The molecule has 3 nitrogen and oxygen atoms in total. The molecule has 0 aliphatic rings. The molecular weight excluding hydrogens is 277 g/mol. The Kier molecular flexibility index (Phi) is 6.03. The Balaban J connectivity index is 0.00000106. The molecule has 0 saturated heterocycles. The minimum atomic E-state index is -0.774. The molecule has 0 aliphatic heterocycles. The molecule has 0 amide bonds. The van der Waals surface area contributed by atoms with Crippen LogP contribution in [0, 0.1) is 12.7 Å². The van der Waals surface area contributed by atoms with Crippen LogP contribution in [0.5, 0.6) is 0 Å². The van der Waals surface area contributed by atoms with Gasteiger partial charge in [0.2, 0.25) is 0 Å². The number of esters is 1. The van der Waals surface area contributed by atoms with E-state index in [1.807, 2.05) is 13.8 Å². The smallest absolute Gasteiger partial charge is 0.343 e. The van der Waals surface area contributed by atoms with Gasteiger partial charge in [0.25, 0.3) is 0 Å². The highest BCUT2D eigenvalue weighted by Gasteiger charge is 2.20. The summed E-state index contributed by atoms with van der Waals surface area (Å²) >= 11 is 2.99. The molecule has 0 bridgehead atoms. The second kappa shape index (κ2) is 6.48. The average Bonchev–Trinajstić information content (AvgIpc) is 2.29. The van der Waals surface area contributed by atoms with Crippen molar-refractivity contribution in [2.45, 2.75) is 20.8 Å². The van der Waals surface area contributed by atoms with Crippen molar-refractivity contribution in [3.63, 3.8) is 0 Å². The summed E-state index contributed by atoms with van der Waals surface area (Å²) in [7, 11) is 1.18. The molecule has 1 rings (SSSR count). The number of halogens is 2. The van der Waals surface area contributed by atoms with Crippen LogP contribution in [0.1, 0.15) is 29.8 Å². The molecule has 0 fully saturated rings. The van der Waals surface area contributed by atoms with E-state index in [-0.39, 0.29) is 15.7 Å². The molecule has 2 N–H and O–H groups in total. The first-order valence-electron chi connectivity index (χ1n) is 4.81. The van der Waals surface area contributed by atoms with E-state index in [4.69, 9.17) is 5.73 Å². The summed E-state index contributed by atoms with van der Waals surface area (Å²) in [4.78, 5) is 11.2. The van der Waals surface area contributed by atoms with E-state index < -0.39 is 11.8 Å². The van der Waals surface area contributed by atoms with E-state index in [1.54, 1.807) is 6.92 Å². The zero-order valence-corrected chi connectivity index (χ0v) is 11.3. The van der Waals surface area contributed by atoms with E-state index in [9.17, 15) is 9.18 Å². The molecule has 90 valence electrons. The number of methoxy groups -OCH3 is 1. The van der Waals surface area contributed by atoms with Gasteiger partial charge in [0, 0.05) is 0 Å². The second-order valence-corrected chi connectivity index (χ2v) is 3.62. The minimum absolute atomic E-state index is 0.109. The van der Waals surface area contributed by atoms with Crippen LogP contribution in [0.4, 0.5) is 10.1 Å². The molecule has 0 unspecified atom stereocenters. The van der Waals surface area contributed by atoms with Gasteiger partial charge in [-0.25, -0.2) is 9.18 Å². The SMILES string of the molecule is CC.COC(=O)c1c(N)c(C)cc(Br)c1F. The van der Waals surface area contributed by atoms with E-state index in [1.165, 1.54) is 13.2 Å². The van der Waals surface area contributed by atoms with Crippen molar-refractivity contribution < 1.29 is 13.9 Å². The molecule has 16 heavy (non-hydrogen) atoms. The summed E-state index contributed by atoms with van der Waals surface area (Å²) < 4.78 is 18.1. The molecular formula is C11H15BrFNO2. The van der Waals surface area contributed by atoms with Crippen molar-refractivity contribution in [1.29, 1.82) is 0 Å². The maximum atomic E-state index is 13.5. The van der Waals surface area contributed by atoms with E-state index in [2.05, 4.69) is 20.7 Å². The molecule has 0 heterocycles. The monoisotopic (exact) mass is 291 g/mol. The minimum Gasteiger partial charge on any atom is -0.465 e. The first-order valence-corrected chi connectivity index (χ1v) is 5.60. The van der Waals surface area contributed by atoms with Crippen LogP contribution < -0.4 is 5.73 Å². The third kappa shape index (κ3) is 2.95. The Bertz CT molecular complexity index is 368. The van der Waals surface area contributed by atoms with Crippen molar-refractivity contribution in [3.8, 4) is 0 Å². The van der Waals surface area contributed by atoms with E-state index >= 15 is 0 Å². The zero-order chi connectivity index (χ0) is 12.9. The van der Waals surface area contributed by atoms with Crippen molar-refractivity contribution in [3.05, 3.63) is 27.5 Å². The lowest BCUT2D eigenvalue weighted by Crippen LogP contribution is -2.10. The summed E-state index contributed by atoms with van der Waals surface area (Å²) in [6.45, 7) is 5.69. The van der Waals surface area contributed by atoms with Gasteiger partial charge in [0.15, 0.2) is 5.82 Å². The Morgan fingerprint density at radius 3 is 2.44 bits per heavy atom. The zero-order valence-electron chi connectivity index (χ0n) is 9.73. The van der Waals surface area contributed by atoms with Gasteiger partial charge in [-0.15, -0.1) is 0 Å². The lowest BCUT2D eigenvalue weighted by molar-refractivity contribution is 0.0596. The number of hydrogen-bond donors (Lipinski definition) is 1. The highest BCUT2D eigenvalue weighted by molar-refractivity contribution is 9.10. The fraction of sp³-hybridized carbons (Fsp3) is 0.364. The van der Waals surface area contributed by atoms with Gasteiger partial charge in [0.05, 0.1) is 17.3 Å². The number of ether oxygens (including phenoxy) is 1. The predicted octanol–water partition coefficient (Wildman–Crippen LogP) is 3.29. The van der Waals surface area contributed by atoms with Gasteiger partial charge in [-0.05, 0) is 34.5 Å². The molecule has 1 aromatic rings. The second-order valence-electron chi connectivity index (χ2n) is 2.77. The fourth-order valence-corrected chi connectivity index (χ4v) is 1.61. The van der Waals surface area contributed by atoms with Crippen LogP contribution in [0.15, 0.2) is 10.5 Å². The Hall–Kier alpha value is -1.10. The highest BCUT2D eigenvalue weighted by atomic mass is 79.9. The lowest BCUT2D eigenvalue weighted by Gasteiger charge is -2.09. The summed E-state index contributed by atoms with van der Waals surface area (Å²) in [5.74, 6) is -1.47. The highest BCUT2D eigenvalue weighted by Crippen LogP contribution is 2.27.